The van der Waals surface area contributed by atoms with Gasteiger partial charge < -0.3 is 14.5 Å². The Balaban J connectivity index is 1.72. The molecule has 1 atom stereocenters. The van der Waals surface area contributed by atoms with Gasteiger partial charge >= 0.3 is 0 Å². The number of carbonyl (C=O) groups excluding carboxylic acids is 2. The van der Waals surface area contributed by atoms with Crippen molar-refractivity contribution >= 4 is 34.1 Å². The minimum absolute atomic E-state index is 0.0480. The van der Waals surface area contributed by atoms with Crippen molar-refractivity contribution in [2.75, 3.05) is 42.6 Å². The van der Waals surface area contributed by atoms with Gasteiger partial charge in [0.25, 0.3) is 0 Å². The Hall–Kier alpha value is -1.59. The maximum Gasteiger partial charge on any atom is 0.227 e. The van der Waals surface area contributed by atoms with E-state index in [1.165, 1.54) is 0 Å². The zero-order chi connectivity index (χ0) is 14.8. The van der Waals surface area contributed by atoms with Crippen LogP contribution < -0.4 is 9.80 Å². The first kappa shape index (κ1) is 14.4. The van der Waals surface area contributed by atoms with Gasteiger partial charge in [0.2, 0.25) is 11.1 Å². The third kappa shape index (κ3) is 3.04. The average Bonchev–Trinajstić information content (AvgIpc) is 2.91. The number of carbonyl (C=O) groups is 2. The highest BCUT2D eigenvalue weighted by molar-refractivity contribution is 6.64. The lowest BCUT2D eigenvalue weighted by molar-refractivity contribution is -0.120. The van der Waals surface area contributed by atoms with Crippen molar-refractivity contribution in [2.24, 2.45) is 5.92 Å². The van der Waals surface area contributed by atoms with Crippen LogP contribution in [0.4, 0.5) is 11.4 Å². The lowest BCUT2D eigenvalue weighted by Gasteiger charge is -2.29. The van der Waals surface area contributed by atoms with E-state index in [1.807, 2.05) is 24.3 Å². The molecule has 1 aromatic carbocycles. The summed E-state index contributed by atoms with van der Waals surface area (Å²) in [6, 6.07) is 7.85. The van der Waals surface area contributed by atoms with Gasteiger partial charge in [-0.2, -0.15) is 0 Å². The molecule has 2 fully saturated rings. The van der Waals surface area contributed by atoms with Gasteiger partial charge in [-0.25, -0.2) is 0 Å². The van der Waals surface area contributed by atoms with Crippen molar-refractivity contribution in [3.63, 3.8) is 0 Å². The van der Waals surface area contributed by atoms with Crippen LogP contribution >= 0.6 is 11.6 Å². The fourth-order valence-electron chi connectivity index (χ4n) is 2.77. The maximum atomic E-state index is 12.0. The van der Waals surface area contributed by atoms with Crippen LogP contribution in [0, 0.1) is 5.92 Å². The number of halogens is 1. The first-order valence-electron chi connectivity index (χ1n) is 7.07. The van der Waals surface area contributed by atoms with Gasteiger partial charge in [-0.3, -0.25) is 9.59 Å². The zero-order valence-electron chi connectivity index (χ0n) is 11.6. The normalized spacial score (nSPS) is 22.7. The molecule has 1 aromatic rings. The minimum atomic E-state index is -0.434. The van der Waals surface area contributed by atoms with Crippen molar-refractivity contribution in [1.82, 2.24) is 0 Å². The van der Waals surface area contributed by atoms with Crippen LogP contribution in [0.1, 0.15) is 6.42 Å². The predicted molar refractivity (Wildman–Crippen MR) is 80.8 cm³/mol. The van der Waals surface area contributed by atoms with E-state index >= 15 is 0 Å². The number of anilines is 2. The zero-order valence-corrected chi connectivity index (χ0v) is 12.4. The van der Waals surface area contributed by atoms with Crippen LogP contribution in [0.2, 0.25) is 0 Å². The van der Waals surface area contributed by atoms with E-state index < -0.39 is 11.2 Å². The molecular formula is C15H17ClN2O3. The number of hydrogen-bond donors (Lipinski definition) is 0. The fraction of sp³-hybridized carbons (Fsp3) is 0.467. The molecule has 2 saturated heterocycles. The molecule has 0 spiro atoms. The fourth-order valence-corrected chi connectivity index (χ4v) is 2.92. The molecule has 0 bridgehead atoms. The minimum Gasteiger partial charge on any atom is -0.378 e. The molecule has 0 aliphatic carbocycles. The smallest absolute Gasteiger partial charge is 0.227 e. The highest BCUT2D eigenvalue weighted by atomic mass is 35.5. The number of nitrogens with zero attached hydrogens (tertiary/aromatic N) is 2. The van der Waals surface area contributed by atoms with E-state index in [1.54, 1.807) is 4.90 Å². The molecule has 1 amide bonds. The molecule has 0 aromatic heterocycles. The molecule has 0 unspecified atom stereocenters. The number of ether oxygens (including phenoxy) is 1. The molecule has 21 heavy (non-hydrogen) atoms. The third-order valence-corrected chi connectivity index (χ3v) is 4.29. The average molecular weight is 309 g/mol. The van der Waals surface area contributed by atoms with Gasteiger partial charge in [-0.1, -0.05) is 0 Å². The maximum absolute atomic E-state index is 12.0. The van der Waals surface area contributed by atoms with Gasteiger partial charge in [0.1, 0.15) is 0 Å². The van der Waals surface area contributed by atoms with Gasteiger partial charge in [-0.05, 0) is 35.9 Å². The molecular weight excluding hydrogens is 292 g/mol. The van der Waals surface area contributed by atoms with Crippen LogP contribution in [0.15, 0.2) is 24.3 Å². The van der Waals surface area contributed by atoms with Gasteiger partial charge in [0.15, 0.2) is 0 Å². The highest BCUT2D eigenvalue weighted by Gasteiger charge is 2.34. The van der Waals surface area contributed by atoms with Crippen molar-refractivity contribution in [2.45, 2.75) is 6.42 Å². The Labute approximate surface area is 128 Å². The summed E-state index contributed by atoms with van der Waals surface area (Å²) in [6.45, 7) is 3.62. The van der Waals surface area contributed by atoms with Crippen molar-refractivity contribution in [3.8, 4) is 0 Å². The number of benzene rings is 1. The van der Waals surface area contributed by atoms with Crippen LogP contribution in [0.25, 0.3) is 0 Å². The summed E-state index contributed by atoms with van der Waals surface area (Å²) >= 11 is 5.49. The van der Waals surface area contributed by atoms with Crippen molar-refractivity contribution in [1.29, 1.82) is 0 Å². The number of rotatable bonds is 3. The van der Waals surface area contributed by atoms with E-state index in [0.717, 1.165) is 37.7 Å². The number of hydrogen-bond acceptors (Lipinski definition) is 4. The summed E-state index contributed by atoms with van der Waals surface area (Å²) in [6.07, 6.45) is 0.202. The lowest BCUT2D eigenvalue weighted by Crippen LogP contribution is -2.36. The van der Waals surface area contributed by atoms with Crippen LogP contribution in [-0.4, -0.2) is 44.0 Å². The SMILES string of the molecule is O=C(Cl)[C@@H]1CC(=O)N(c2ccc(N3CCOCC3)cc2)C1. The van der Waals surface area contributed by atoms with Gasteiger partial charge in [-0.15, -0.1) is 0 Å². The molecule has 2 aliphatic heterocycles. The summed E-state index contributed by atoms with van der Waals surface area (Å²) in [5, 5.41) is -0.434. The van der Waals surface area contributed by atoms with Crippen LogP contribution in [0.3, 0.4) is 0 Å². The summed E-state index contributed by atoms with van der Waals surface area (Å²) in [5.74, 6) is -0.439. The Morgan fingerprint density at radius 2 is 1.76 bits per heavy atom. The number of amides is 1. The summed E-state index contributed by atoms with van der Waals surface area (Å²) in [5.41, 5.74) is 1.94. The van der Waals surface area contributed by atoms with E-state index in [2.05, 4.69) is 4.90 Å². The second kappa shape index (κ2) is 6.03. The summed E-state index contributed by atoms with van der Waals surface area (Å²) < 4.78 is 5.34. The van der Waals surface area contributed by atoms with Gasteiger partial charge in [0, 0.05) is 37.4 Å². The van der Waals surface area contributed by atoms with E-state index in [0.29, 0.717) is 6.54 Å². The molecule has 2 aliphatic rings. The Kier molecular flexibility index (Phi) is 4.12. The van der Waals surface area contributed by atoms with Crippen LogP contribution in [-0.2, 0) is 14.3 Å². The van der Waals surface area contributed by atoms with E-state index in [-0.39, 0.29) is 12.3 Å². The standard InChI is InChI=1S/C15H17ClN2O3/c16-15(20)11-9-14(19)18(10-11)13-3-1-12(2-4-13)17-5-7-21-8-6-17/h1-4,11H,5-10H2/t11-/m1/s1. The molecule has 5 nitrogen and oxygen atoms in total. The monoisotopic (exact) mass is 308 g/mol. The van der Waals surface area contributed by atoms with Crippen molar-refractivity contribution in [3.05, 3.63) is 24.3 Å². The summed E-state index contributed by atoms with van der Waals surface area (Å²) in [4.78, 5) is 27.0. The molecule has 0 radical (unpaired) electrons. The quantitative estimate of drug-likeness (QED) is 0.797. The Morgan fingerprint density at radius 3 is 2.33 bits per heavy atom. The van der Waals surface area contributed by atoms with E-state index in [9.17, 15) is 9.59 Å². The molecule has 3 rings (SSSR count). The largest absolute Gasteiger partial charge is 0.378 e. The highest BCUT2D eigenvalue weighted by Crippen LogP contribution is 2.28. The van der Waals surface area contributed by atoms with Crippen molar-refractivity contribution < 1.29 is 14.3 Å². The topological polar surface area (TPSA) is 49.9 Å². The van der Waals surface area contributed by atoms with Gasteiger partial charge in [0.05, 0.1) is 19.1 Å². The Morgan fingerprint density at radius 1 is 1.14 bits per heavy atom. The van der Waals surface area contributed by atoms with E-state index in [4.69, 9.17) is 16.3 Å². The first-order chi connectivity index (χ1) is 10.1. The molecule has 112 valence electrons. The molecule has 6 heteroatoms. The first-order valence-corrected chi connectivity index (χ1v) is 7.45. The molecule has 2 heterocycles. The molecule has 0 saturated carbocycles. The van der Waals surface area contributed by atoms with Crippen LogP contribution in [0.5, 0.6) is 0 Å². The Bertz CT molecular complexity index is 540. The summed E-state index contributed by atoms with van der Waals surface area (Å²) in [7, 11) is 0. The third-order valence-electron chi connectivity index (χ3n) is 3.98. The second-order valence-corrected chi connectivity index (χ2v) is 5.70. The number of morpholine rings is 1. The second-order valence-electron chi connectivity index (χ2n) is 5.33. The molecule has 0 N–H and O–H groups in total. The lowest BCUT2D eigenvalue weighted by atomic mass is 10.1. The predicted octanol–water partition coefficient (Wildman–Crippen LogP) is 1.64.